The molecule has 0 aliphatic heterocycles. The second-order valence-corrected chi connectivity index (χ2v) is 4.02. The largest absolute Gasteiger partial charge is 0.465 e. The number of nitrogens with one attached hydrogen (secondary N) is 1. The van der Waals surface area contributed by atoms with E-state index in [-0.39, 0.29) is 6.54 Å². The predicted molar refractivity (Wildman–Crippen MR) is 60.8 cm³/mol. The van der Waals surface area contributed by atoms with Crippen molar-refractivity contribution in [2.75, 3.05) is 0 Å². The molecule has 0 heterocycles. The lowest BCUT2D eigenvalue weighted by Gasteiger charge is -2.11. The Balaban J connectivity index is 3.04. The van der Waals surface area contributed by atoms with Crippen molar-refractivity contribution in [3.63, 3.8) is 0 Å². The van der Waals surface area contributed by atoms with Gasteiger partial charge in [-0.25, -0.2) is 4.79 Å². The molecule has 1 amide bonds. The molecule has 0 saturated heterocycles. The van der Waals surface area contributed by atoms with Crippen molar-refractivity contribution in [2.45, 2.75) is 20.4 Å². The van der Waals surface area contributed by atoms with E-state index in [1.54, 1.807) is 6.07 Å². The van der Waals surface area contributed by atoms with Crippen LogP contribution in [0.5, 0.6) is 0 Å². The average molecular weight is 248 g/mol. The van der Waals surface area contributed by atoms with Gasteiger partial charge in [0.05, 0.1) is 0 Å². The van der Waals surface area contributed by atoms with Gasteiger partial charge < -0.3 is 10.4 Å². The third-order valence-corrected chi connectivity index (χ3v) is 3.22. The van der Waals surface area contributed by atoms with E-state index < -0.39 is 6.09 Å². The first-order chi connectivity index (χ1) is 6.93. The lowest BCUT2D eigenvalue weighted by molar-refractivity contribution is 0.194. The van der Waals surface area contributed by atoms with Crippen LogP contribution in [0.3, 0.4) is 0 Å². The van der Waals surface area contributed by atoms with Crippen LogP contribution in [0, 0.1) is 13.8 Å². The van der Waals surface area contributed by atoms with Crippen molar-refractivity contribution in [2.24, 2.45) is 0 Å². The Morgan fingerprint density at radius 1 is 1.40 bits per heavy atom. The molecule has 2 N–H and O–H groups in total. The SMILES string of the molecule is Cc1cc(CNC(=O)O)c(Cl)c(C)c1Cl. The fourth-order valence-electron chi connectivity index (χ4n) is 1.32. The summed E-state index contributed by atoms with van der Waals surface area (Å²) in [5.74, 6) is 0. The third-order valence-electron chi connectivity index (χ3n) is 2.11. The molecule has 0 atom stereocenters. The van der Waals surface area contributed by atoms with Gasteiger partial charge in [0.15, 0.2) is 0 Å². The number of carbonyl (C=O) groups is 1. The summed E-state index contributed by atoms with van der Waals surface area (Å²) in [6.07, 6.45) is -1.07. The monoisotopic (exact) mass is 247 g/mol. The number of aryl methyl sites for hydroxylation is 1. The van der Waals surface area contributed by atoms with Crippen LogP contribution in [0.1, 0.15) is 16.7 Å². The highest BCUT2D eigenvalue weighted by molar-refractivity contribution is 6.36. The fourth-order valence-corrected chi connectivity index (χ4v) is 1.73. The van der Waals surface area contributed by atoms with Crippen LogP contribution < -0.4 is 5.32 Å². The molecule has 0 aliphatic carbocycles. The normalized spacial score (nSPS) is 10.1. The van der Waals surface area contributed by atoms with Gasteiger partial charge in [-0.15, -0.1) is 0 Å². The van der Waals surface area contributed by atoms with Gasteiger partial charge in [-0.2, -0.15) is 0 Å². The van der Waals surface area contributed by atoms with Gasteiger partial charge in [0, 0.05) is 16.6 Å². The number of rotatable bonds is 2. The Labute approximate surface area is 98.0 Å². The van der Waals surface area contributed by atoms with E-state index in [1.807, 2.05) is 13.8 Å². The quantitative estimate of drug-likeness (QED) is 0.842. The lowest BCUT2D eigenvalue weighted by atomic mass is 10.1. The van der Waals surface area contributed by atoms with E-state index in [1.165, 1.54) is 0 Å². The first kappa shape index (κ1) is 12.1. The zero-order valence-corrected chi connectivity index (χ0v) is 9.91. The average Bonchev–Trinajstić information content (AvgIpc) is 2.18. The molecule has 0 radical (unpaired) electrons. The van der Waals surface area contributed by atoms with Gasteiger partial charge in [-0.05, 0) is 30.5 Å². The highest BCUT2D eigenvalue weighted by atomic mass is 35.5. The molecular formula is C10H11Cl2NO2. The fraction of sp³-hybridized carbons (Fsp3) is 0.300. The summed E-state index contributed by atoms with van der Waals surface area (Å²) in [7, 11) is 0. The molecule has 0 saturated carbocycles. The van der Waals surface area contributed by atoms with Crippen molar-refractivity contribution in [3.8, 4) is 0 Å². The summed E-state index contributed by atoms with van der Waals surface area (Å²) in [6, 6.07) is 1.79. The number of carboxylic acid groups (broad SMARTS) is 1. The number of amides is 1. The molecule has 0 aliphatic rings. The Bertz CT molecular complexity index is 405. The highest BCUT2D eigenvalue weighted by Gasteiger charge is 2.10. The van der Waals surface area contributed by atoms with Crippen LogP contribution in [0.2, 0.25) is 10.0 Å². The maximum absolute atomic E-state index is 10.3. The minimum absolute atomic E-state index is 0.188. The molecule has 0 aromatic heterocycles. The second-order valence-electron chi connectivity index (χ2n) is 3.26. The van der Waals surface area contributed by atoms with Gasteiger partial charge in [0.2, 0.25) is 0 Å². The molecular weight excluding hydrogens is 237 g/mol. The zero-order valence-electron chi connectivity index (χ0n) is 8.40. The topological polar surface area (TPSA) is 49.3 Å². The smallest absolute Gasteiger partial charge is 0.404 e. The Morgan fingerprint density at radius 3 is 2.53 bits per heavy atom. The number of hydrogen-bond acceptors (Lipinski definition) is 1. The van der Waals surface area contributed by atoms with Crippen LogP contribution in [0.25, 0.3) is 0 Å². The highest BCUT2D eigenvalue weighted by Crippen LogP contribution is 2.30. The first-order valence-electron chi connectivity index (χ1n) is 4.34. The molecule has 5 heteroatoms. The number of benzene rings is 1. The predicted octanol–water partition coefficient (Wildman–Crippen LogP) is 3.38. The molecule has 1 rings (SSSR count). The molecule has 3 nitrogen and oxygen atoms in total. The summed E-state index contributed by atoms with van der Waals surface area (Å²) in [5, 5.41) is 11.9. The van der Waals surface area contributed by atoms with Crippen LogP contribution >= 0.6 is 23.2 Å². The third kappa shape index (κ3) is 2.76. The number of halogens is 2. The maximum Gasteiger partial charge on any atom is 0.404 e. The van der Waals surface area contributed by atoms with Gasteiger partial charge in [0.1, 0.15) is 0 Å². The summed E-state index contributed by atoms with van der Waals surface area (Å²) in [5.41, 5.74) is 2.40. The van der Waals surface area contributed by atoms with Crippen LogP contribution in [-0.4, -0.2) is 11.2 Å². The molecule has 0 unspecified atom stereocenters. The van der Waals surface area contributed by atoms with Crippen LogP contribution in [0.4, 0.5) is 4.79 Å². The summed E-state index contributed by atoms with van der Waals surface area (Å²) in [6.45, 7) is 3.85. The molecule has 82 valence electrons. The van der Waals surface area contributed by atoms with E-state index in [9.17, 15) is 4.79 Å². The molecule has 1 aromatic carbocycles. The van der Waals surface area contributed by atoms with Gasteiger partial charge in [-0.1, -0.05) is 29.3 Å². The Morgan fingerprint density at radius 2 is 2.00 bits per heavy atom. The van der Waals surface area contributed by atoms with E-state index >= 15 is 0 Å². The standard InChI is InChI=1S/C10H11Cl2NO2/c1-5-3-7(4-13-10(14)15)9(12)6(2)8(5)11/h3,13H,4H2,1-2H3,(H,14,15). The van der Waals surface area contributed by atoms with E-state index in [0.717, 1.165) is 16.7 Å². The molecule has 0 fully saturated rings. The minimum atomic E-state index is -1.07. The molecule has 1 aromatic rings. The van der Waals surface area contributed by atoms with Gasteiger partial charge in [0.25, 0.3) is 0 Å². The van der Waals surface area contributed by atoms with Crippen molar-refractivity contribution in [3.05, 3.63) is 32.8 Å². The first-order valence-corrected chi connectivity index (χ1v) is 5.10. The van der Waals surface area contributed by atoms with Crippen molar-refractivity contribution >= 4 is 29.3 Å². The van der Waals surface area contributed by atoms with Crippen LogP contribution in [0.15, 0.2) is 6.07 Å². The Hall–Kier alpha value is -0.930. The van der Waals surface area contributed by atoms with Crippen LogP contribution in [-0.2, 0) is 6.54 Å². The van der Waals surface area contributed by atoms with Crippen molar-refractivity contribution in [1.29, 1.82) is 0 Å². The van der Waals surface area contributed by atoms with E-state index in [0.29, 0.717) is 10.0 Å². The summed E-state index contributed by atoms with van der Waals surface area (Å²) < 4.78 is 0. The second kappa shape index (κ2) is 4.73. The van der Waals surface area contributed by atoms with Gasteiger partial charge in [-0.3, -0.25) is 0 Å². The molecule has 0 spiro atoms. The number of hydrogen-bond donors (Lipinski definition) is 2. The zero-order chi connectivity index (χ0) is 11.6. The van der Waals surface area contributed by atoms with E-state index in [2.05, 4.69) is 5.32 Å². The minimum Gasteiger partial charge on any atom is -0.465 e. The maximum atomic E-state index is 10.3. The van der Waals surface area contributed by atoms with Crippen molar-refractivity contribution < 1.29 is 9.90 Å². The molecule has 15 heavy (non-hydrogen) atoms. The Kier molecular flexibility index (Phi) is 3.83. The lowest BCUT2D eigenvalue weighted by Crippen LogP contribution is -2.20. The summed E-state index contributed by atoms with van der Waals surface area (Å²) in [4.78, 5) is 10.3. The summed E-state index contributed by atoms with van der Waals surface area (Å²) >= 11 is 12.0. The van der Waals surface area contributed by atoms with Gasteiger partial charge >= 0.3 is 6.09 Å². The van der Waals surface area contributed by atoms with E-state index in [4.69, 9.17) is 28.3 Å². The van der Waals surface area contributed by atoms with Crippen molar-refractivity contribution in [1.82, 2.24) is 5.32 Å². The molecule has 0 bridgehead atoms.